The van der Waals surface area contributed by atoms with Gasteiger partial charge < -0.3 is 4.74 Å². The average Bonchev–Trinajstić information content (AvgIpc) is 2.05. The third-order valence-electron chi connectivity index (χ3n) is 1.62. The molecule has 1 aromatic heterocycles. The highest BCUT2D eigenvalue weighted by atomic mass is 127. The Balaban J connectivity index is 3.35. The van der Waals surface area contributed by atoms with Gasteiger partial charge in [-0.15, -0.1) is 13.2 Å². The van der Waals surface area contributed by atoms with Gasteiger partial charge in [0.05, 0.1) is 5.69 Å². The summed E-state index contributed by atoms with van der Waals surface area (Å²) < 4.78 is 61.8. The number of nitrogens with two attached hydrogens (primary N) is 1. The summed E-state index contributed by atoms with van der Waals surface area (Å²) in [6.07, 6.45) is -4.92. The lowest BCUT2D eigenvalue weighted by Crippen LogP contribution is -2.20. The summed E-state index contributed by atoms with van der Waals surface area (Å²) in [5.41, 5.74) is -0.0841. The molecular formula is C7H6F3IN2O3S. The first kappa shape index (κ1) is 14.4. The Hall–Kier alpha value is -0.620. The Labute approximate surface area is 108 Å². The second-order valence-corrected chi connectivity index (χ2v) is 5.51. The molecule has 0 amide bonds. The van der Waals surface area contributed by atoms with E-state index < -0.39 is 27.0 Å². The number of nitrogens with zero attached hydrogens (tertiary/aromatic N) is 1. The summed E-state index contributed by atoms with van der Waals surface area (Å²) >= 11 is 1.56. The summed E-state index contributed by atoms with van der Waals surface area (Å²) in [5, 5.41) is 4.83. The quantitative estimate of drug-likeness (QED) is 0.622. The Bertz CT molecular complexity index is 544. The summed E-state index contributed by atoms with van der Waals surface area (Å²) in [5.74, 6) is -0.693. The minimum Gasteiger partial charge on any atom is -0.404 e. The zero-order chi connectivity index (χ0) is 13.4. The van der Waals surface area contributed by atoms with Crippen molar-refractivity contribution in [3.63, 3.8) is 0 Å². The van der Waals surface area contributed by atoms with Gasteiger partial charge in [-0.2, -0.15) is 0 Å². The van der Waals surface area contributed by atoms with E-state index in [2.05, 4.69) is 9.72 Å². The number of alkyl halides is 3. The maximum atomic E-state index is 12.0. The van der Waals surface area contributed by atoms with Crippen LogP contribution < -0.4 is 9.88 Å². The number of aryl methyl sites for hydroxylation is 1. The van der Waals surface area contributed by atoms with E-state index in [-0.39, 0.29) is 9.39 Å². The summed E-state index contributed by atoms with van der Waals surface area (Å²) in [6.45, 7) is 1.26. The highest BCUT2D eigenvalue weighted by molar-refractivity contribution is 14.1. The van der Waals surface area contributed by atoms with Crippen molar-refractivity contribution in [2.75, 3.05) is 0 Å². The van der Waals surface area contributed by atoms with Crippen LogP contribution in [0.1, 0.15) is 5.69 Å². The molecule has 1 heterocycles. The van der Waals surface area contributed by atoms with Crippen LogP contribution in [0.2, 0.25) is 0 Å². The van der Waals surface area contributed by atoms with E-state index >= 15 is 0 Å². The fourth-order valence-corrected chi connectivity index (χ4v) is 2.96. The molecule has 0 atom stereocenters. The molecule has 1 rings (SSSR count). The fraction of sp³-hybridized carbons (Fsp3) is 0.286. The first-order valence-corrected chi connectivity index (χ1v) is 6.59. The van der Waals surface area contributed by atoms with Crippen molar-refractivity contribution >= 4 is 32.6 Å². The number of ether oxygens (including phenoxy) is 1. The Morgan fingerprint density at radius 1 is 1.47 bits per heavy atom. The highest BCUT2D eigenvalue weighted by Crippen LogP contribution is 2.28. The highest BCUT2D eigenvalue weighted by Gasteiger charge is 2.33. The molecule has 0 unspecified atom stereocenters. The average molecular weight is 382 g/mol. The molecule has 0 spiro atoms. The van der Waals surface area contributed by atoms with Crippen molar-refractivity contribution in [1.29, 1.82) is 0 Å². The third kappa shape index (κ3) is 3.96. The van der Waals surface area contributed by atoms with Crippen LogP contribution in [0.25, 0.3) is 0 Å². The van der Waals surface area contributed by atoms with Crippen LogP contribution >= 0.6 is 22.6 Å². The number of pyridine rings is 1. The molecule has 96 valence electrons. The topological polar surface area (TPSA) is 82.3 Å². The zero-order valence-electron chi connectivity index (χ0n) is 8.25. The number of halogens is 4. The van der Waals surface area contributed by atoms with E-state index in [4.69, 9.17) is 5.14 Å². The normalized spacial score (nSPS) is 12.6. The van der Waals surface area contributed by atoms with Gasteiger partial charge >= 0.3 is 6.36 Å². The number of sulfonamides is 1. The van der Waals surface area contributed by atoms with Crippen LogP contribution in [0, 0.1) is 10.6 Å². The van der Waals surface area contributed by atoms with E-state index in [1.807, 2.05) is 0 Å². The van der Waals surface area contributed by atoms with Gasteiger partial charge in [0.1, 0.15) is 8.60 Å². The van der Waals surface area contributed by atoms with Crippen LogP contribution in [0.5, 0.6) is 5.75 Å². The first-order valence-electron chi connectivity index (χ1n) is 3.96. The molecule has 5 nitrogen and oxygen atoms in total. The lowest BCUT2D eigenvalue weighted by Gasteiger charge is -2.12. The smallest absolute Gasteiger partial charge is 0.404 e. The maximum Gasteiger partial charge on any atom is 0.573 e. The number of rotatable bonds is 2. The molecule has 0 radical (unpaired) electrons. The van der Waals surface area contributed by atoms with E-state index in [9.17, 15) is 21.6 Å². The van der Waals surface area contributed by atoms with Crippen molar-refractivity contribution in [3.05, 3.63) is 15.5 Å². The SMILES string of the molecule is Cc1nc(I)c(S(N)(=O)=O)cc1OC(F)(F)F. The molecule has 10 heteroatoms. The van der Waals surface area contributed by atoms with E-state index in [1.54, 1.807) is 22.6 Å². The molecule has 1 aromatic rings. The van der Waals surface area contributed by atoms with Crippen LogP contribution in [0.4, 0.5) is 13.2 Å². The Morgan fingerprint density at radius 2 is 2.00 bits per heavy atom. The minimum absolute atomic E-state index is 0.0166. The molecule has 0 aliphatic rings. The van der Waals surface area contributed by atoms with E-state index in [1.165, 1.54) is 6.92 Å². The molecule has 0 saturated carbocycles. The van der Waals surface area contributed by atoms with Gasteiger partial charge in [-0.25, -0.2) is 18.5 Å². The molecule has 0 aliphatic heterocycles. The second-order valence-electron chi connectivity index (χ2n) is 2.95. The Morgan fingerprint density at radius 3 is 2.41 bits per heavy atom. The molecule has 0 aliphatic carbocycles. The van der Waals surface area contributed by atoms with Crippen molar-refractivity contribution in [1.82, 2.24) is 4.98 Å². The van der Waals surface area contributed by atoms with Crippen molar-refractivity contribution in [2.24, 2.45) is 5.14 Å². The monoisotopic (exact) mass is 382 g/mol. The molecule has 0 fully saturated rings. The molecule has 2 N–H and O–H groups in total. The van der Waals surface area contributed by atoms with Gasteiger partial charge in [-0.3, -0.25) is 0 Å². The van der Waals surface area contributed by atoms with E-state index in [0.717, 1.165) is 0 Å². The number of hydrogen-bond donors (Lipinski definition) is 1. The molecule has 0 bridgehead atoms. The Kier molecular flexibility index (Phi) is 3.88. The number of primary sulfonamides is 1. The largest absolute Gasteiger partial charge is 0.573 e. The standard InChI is InChI=1S/C7H6F3IN2O3S/c1-3-4(16-7(8,9)10)2-5(6(11)13-3)17(12,14)15/h2H,1H3,(H2,12,14,15). The van der Waals surface area contributed by atoms with Crippen molar-refractivity contribution in [3.8, 4) is 5.75 Å². The minimum atomic E-state index is -4.92. The predicted octanol–water partition coefficient (Wildman–Crippen LogP) is 1.54. The summed E-state index contributed by atoms with van der Waals surface area (Å²) in [4.78, 5) is 3.12. The second kappa shape index (κ2) is 4.57. The van der Waals surface area contributed by atoms with Crippen LogP contribution in [0.15, 0.2) is 11.0 Å². The number of hydrogen-bond acceptors (Lipinski definition) is 4. The van der Waals surface area contributed by atoms with Crippen LogP contribution in [-0.4, -0.2) is 19.8 Å². The molecule has 0 aromatic carbocycles. The van der Waals surface area contributed by atoms with E-state index in [0.29, 0.717) is 6.07 Å². The van der Waals surface area contributed by atoms with Crippen molar-refractivity contribution < 1.29 is 26.3 Å². The lowest BCUT2D eigenvalue weighted by molar-refractivity contribution is -0.275. The van der Waals surface area contributed by atoms with Crippen LogP contribution in [0.3, 0.4) is 0 Å². The summed E-state index contributed by atoms with van der Waals surface area (Å²) in [7, 11) is -4.15. The van der Waals surface area contributed by atoms with Crippen LogP contribution in [-0.2, 0) is 10.0 Å². The molecule has 17 heavy (non-hydrogen) atoms. The van der Waals surface area contributed by atoms with Gasteiger partial charge in [0.15, 0.2) is 5.75 Å². The molecule has 0 saturated heterocycles. The zero-order valence-corrected chi connectivity index (χ0v) is 11.2. The molecular weight excluding hydrogens is 376 g/mol. The van der Waals surface area contributed by atoms with Gasteiger partial charge in [0, 0.05) is 6.07 Å². The lowest BCUT2D eigenvalue weighted by atomic mass is 10.3. The fourth-order valence-electron chi connectivity index (χ4n) is 0.968. The summed E-state index contributed by atoms with van der Waals surface area (Å²) in [6, 6.07) is 0.701. The third-order valence-corrected chi connectivity index (χ3v) is 3.73. The predicted molar refractivity (Wildman–Crippen MR) is 59.7 cm³/mol. The van der Waals surface area contributed by atoms with Gasteiger partial charge in [0.2, 0.25) is 10.0 Å². The van der Waals surface area contributed by atoms with Gasteiger partial charge in [-0.05, 0) is 29.5 Å². The van der Waals surface area contributed by atoms with Gasteiger partial charge in [-0.1, -0.05) is 0 Å². The maximum absolute atomic E-state index is 12.0. The van der Waals surface area contributed by atoms with Crippen molar-refractivity contribution in [2.45, 2.75) is 18.2 Å². The van der Waals surface area contributed by atoms with Gasteiger partial charge in [0.25, 0.3) is 0 Å². The number of aromatic nitrogens is 1. The first-order chi connectivity index (χ1) is 7.50.